The maximum Gasteiger partial charge on any atom is 0.325 e. The number of anilines is 1. The Morgan fingerprint density at radius 2 is 2.00 bits per heavy atom. The van der Waals surface area contributed by atoms with Gasteiger partial charge in [-0.1, -0.05) is 18.2 Å². The number of nitrogens with zero attached hydrogens (tertiary/aromatic N) is 1. The number of hydrogen-bond acceptors (Lipinski definition) is 6. The fourth-order valence-corrected chi connectivity index (χ4v) is 4.86. The Labute approximate surface area is 218 Å². The van der Waals surface area contributed by atoms with E-state index in [2.05, 4.69) is 10.6 Å². The Bertz CT molecular complexity index is 1220. The molecule has 3 N–H and O–H groups in total. The minimum absolute atomic E-state index is 0.0336. The molecule has 1 unspecified atom stereocenters. The fraction of sp³-hybridized carbons (Fsp3) is 0.208. The highest BCUT2D eigenvalue weighted by Crippen LogP contribution is 2.28. The van der Waals surface area contributed by atoms with Gasteiger partial charge in [-0.15, -0.1) is 11.3 Å². The molecule has 11 heteroatoms. The molecular weight excluding hydrogens is 588 g/mol. The summed E-state index contributed by atoms with van der Waals surface area (Å²) < 4.78 is 20.4. The first-order chi connectivity index (χ1) is 16.9. The van der Waals surface area contributed by atoms with Crippen molar-refractivity contribution in [3.8, 4) is 5.75 Å². The second kappa shape index (κ2) is 11.1. The van der Waals surface area contributed by atoms with Crippen LogP contribution in [-0.2, 0) is 16.0 Å². The van der Waals surface area contributed by atoms with E-state index in [-0.39, 0.29) is 25.3 Å². The van der Waals surface area contributed by atoms with Crippen LogP contribution in [0.15, 0.2) is 60.0 Å². The molecule has 182 valence electrons. The number of thiophene rings is 1. The van der Waals surface area contributed by atoms with Crippen molar-refractivity contribution < 1.29 is 28.6 Å². The highest BCUT2D eigenvalue weighted by atomic mass is 127. The van der Waals surface area contributed by atoms with E-state index in [4.69, 9.17) is 9.84 Å². The second-order valence-electron chi connectivity index (χ2n) is 7.64. The smallest absolute Gasteiger partial charge is 0.325 e. The summed E-state index contributed by atoms with van der Waals surface area (Å²) in [4.78, 5) is 41.2. The van der Waals surface area contributed by atoms with Crippen molar-refractivity contribution in [2.75, 3.05) is 18.5 Å². The number of imide groups is 1. The molecule has 2 atom stereocenters. The highest BCUT2D eigenvalue weighted by Gasteiger charge is 2.45. The van der Waals surface area contributed by atoms with Crippen molar-refractivity contribution in [3.63, 3.8) is 0 Å². The third-order valence-corrected chi connectivity index (χ3v) is 6.89. The van der Waals surface area contributed by atoms with Gasteiger partial charge in [0.25, 0.3) is 5.91 Å². The van der Waals surface area contributed by atoms with Gasteiger partial charge < -0.3 is 20.5 Å². The lowest BCUT2D eigenvalue weighted by Crippen LogP contribution is -2.49. The number of urea groups is 1. The molecule has 35 heavy (non-hydrogen) atoms. The highest BCUT2D eigenvalue weighted by molar-refractivity contribution is 14.1. The second-order valence-corrected chi connectivity index (χ2v) is 9.92. The van der Waals surface area contributed by atoms with Crippen LogP contribution in [-0.4, -0.2) is 47.1 Å². The van der Waals surface area contributed by atoms with Crippen LogP contribution in [0.1, 0.15) is 16.5 Å². The molecule has 2 aromatic carbocycles. The van der Waals surface area contributed by atoms with E-state index in [0.29, 0.717) is 14.9 Å². The van der Waals surface area contributed by atoms with Gasteiger partial charge in [-0.05, 0) is 69.9 Å². The molecule has 1 aliphatic heterocycles. The van der Waals surface area contributed by atoms with E-state index in [1.54, 1.807) is 36.4 Å². The SMILES string of the molecule is O=C(Nc1ccc(I)cc1F)C(Cc1cccs1)N1C(=O)N[C@H](c2ccc(OCCO)cc2)C1=O. The first kappa shape index (κ1) is 25.1. The van der Waals surface area contributed by atoms with Crippen molar-refractivity contribution in [2.24, 2.45) is 0 Å². The normalized spacial score (nSPS) is 16.2. The Balaban J connectivity index is 1.58. The number of benzene rings is 2. The molecule has 1 fully saturated rings. The number of carbonyl (C=O) groups is 3. The molecule has 0 bridgehead atoms. The summed E-state index contributed by atoms with van der Waals surface area (Å²) in [6.45, 7) is 0.000572. The van der Waals surface area contributed by atoms with Crippen LogP contribution in [0.25, 0.3) is 0 Å². The lowest BCUT2D eigenvalue weighted by molar-refractivity contribution is -0.134. The molecular formula is C24H21FIN3O5S. The van der Waals surface area contributed by atoms with E-state index < -0.39 is 35.7 Å². The fourth-order valence-electron chi connectivity index (χ4n) is 3.66. The molecule has 0 saturated carbocycles. The average Bonchev–Trinajstić information content (AvgIpc) is 3.46. The van der Waals surface area contributed by atoms with Crippen LogP contribution in [0.3, 0.4) is 0 Å². The molecule has 2 heterocycles. The van der Waals surface area contributed by atoms with Crippen molar-refractivity contribution in [2.45, 2.75) is 18.5 Å². The number of carbonyl (C=O) groups excluding carboxylic acids is 3. The van der Waals surface area contributed by atoms with E-state index >= 15 is 0 Å². The van der Waals surface area contributed by atoms with E-state index in [9.17, 15) is 18.8 Å². The summed E-state index contributed by atoms with van der Waals surface area (Å²) in [6, 6.07) is 11.6. The maximum atomic E-state index is 14.4. The number of halogens is 2. The number of aliphatic hydroxyl groups excluding tert-OH is 1. The van der Waals surface area contributed by atoms with Crippen molar-refractivity contribution in [3.05, 3.63) is 79.8 Å². The average molecular weight is 609 g/mol. The zero-order valence-electron chi connectivity index (χ0n) is 18.2. The van der Waals surface area contributed by atoms with Crippen LogP contribution in [0.5, 0.6) is 5.75 Å². The molecule has 0 spiro atoms. The predicted octanol–water partition coefficient (Wildman–Crippen LogP) is 3.71. The van der Waals surface area contributed by atoms with Crippen LogP contribution < -0.4 is 15.4 Å². The lowest BCUT2D eigenvalue weighted by atomic mass is 10.1. The van der Waals surface area contributed by atoms with Gasteiger partial charge in [0.15, 0.2) is 0 Å². The summed E-state index contributed by atoms with van der Waals surface area (Å²) >= 11 is 3.35. The molecule has 1 aliphatic rings. The van der Waals surface area contributed by atoms with Crippen molar-refractivity contribution in [1.29, 1.82) is 0 Å². The molecule has 3 aromatic rings. The Hall–Kier alpha value is -3.03. The molecule has 0 radical (unpaired) electrons. The number of amides is 4. The van der Waals surface area contributed by atoms with Gasteiger partial charge in [0.1, 0.15) is 30.3 Å². The minimum Gasteiger partial charge on any atom is -0.491 e. The largest absolute Gasteiger partial charge is 0.491 e. The number of nitrogens with one attached hydrogen (secondary N) is 2. The van der Waals surface area contributed by atoms with Crippen LogP contribution in [0.4, 0.5) is 14.9 Å². The standard InChI is InChI=1S/C24H21FIN3O5S/c25-18-12-15(26)5-8-19(18)27-22(31)20(13-17-2-1-11-35-17)29-23(32)21(28-24(29)33)14-3-6-16(7-4-14)34-10-9-30/h1-8,11-12,20-21,30H,9-10,13H2,(H,27,31)(H,28,33)/t20?,21-/m1/s1. The van der Waals surface area contributed by atoms with Crippen LogP contribution >= 0.6 is 33.9 Å². The van der Waals surface area contributed by atoms with Gasteiger partial charge in [0.05, 0.1) is 12.3 Å². The molecule has 0 aliphatic carbocycles. The van der Waals surface area contributed by atoms with Crippen molar-refractivity contribution in [1.82, 2.24) is 10.2 Å². The Morgan fingerprint density at radius 1 is 1.23 bits per heavy atom. The minimum atomic E-state index is -1.18. The molecule has 4 amide bonds. The van der Waals surface area contributed by atoms with E-state index in [1.165, 1.54) is 23.5 Å². The topological polar surface area (TPSA) is 108 Å². The number of hydrogen-bond donors (Lipinski definition) is 3. The van der Waals surface area contributed by atoms with Gasteiger partial charge in [-0.3, -0.25) is 9.59 Å². The number of ether oxygens (including phenoxy) is 1. The first-order valence-corrected chi connectivity index (χ1v) is 12.6. The van der Waals surface area contributed by atoms with E-state index in [1.807, 2.05) is 34.0 Å². The molecule has 8 nitrogen and oxygen atoms in total. The van der Waals surface area contributed by atoms with Gasteiger partial charge in [-0.25, -0.2) is 14.1 Å². The maximum absolute atomic E-state index is 14.4. The summed E-state index contributed by atoms with van der Waals surface area (Å²) in [5, 5.41) is 15.9. The summed E-state index contributed by atoms with van der Waals surface area (Å²) in [7, 11) is 0. The van der Waals surface area contributed by atoms with Gasteiger partial charge >= 0.3 is 6.03 Å². The molecule has 1 saturated heterocycles. The summed E-state index contributed by atoms with van der Waals surface area (Å²) in [5.74, 6) is -1.36. The number of aliphatic hydroxyl groups is 1. The summed E-state index contributed by atoms with van der Waals surface area (Å²) in [5.41, 5.74) is 0.481. The molecule has 1 aromatic heterocycles. The zero-order chi connectivity index (χ0) is 24.9. The lowest BCUT2D eigenvalue weighted by Gasteiger charge is -2.24. The summed E-state index contributed by atoms with van der Waals surface area (Å²) in [6.07, 6.45) is 0.0926. The zero-order valence-corrected chi connectivity index (χ0v) is 21.2. The van der Waals surface area contributed by atoms with Crippen LogP contribution in [0.2, 0.25) is 0 Å². The van der Waals surface area contributed by atoms with Gasteiger partial charge in [-0.2, -0.15) is 0 Å². The predicted molar refractivity (Wildman–Crippen MR) is 137 cm³/mol. The van der Waals surface area contributed by atoms with Crippen molar-refractivity contribution >= 4 is 57.5 Å². The van der Waals surface area contributed by atoms with Gasteiger partial charge in [0, 0.05) is 14.9 Å². The third-order valence-electron chi connectivity index (χ3n) is 5.32. The third kappa shape index (κ3) is 5.80. The number of rotatable bonds is 9. The first-order valence-electron chi connectivity index (χ1n) is 10.6. The van der Waals surface area contributed by atoms with Crippen LogP contribution in [0, 0.1) is 9.39 Å². The van der Waals surface area contributed by atoms with E-state index in [0.717, 1.165) is 9.78 Å². The monoisotopic (exact) mass is 609 g/mol. The molecule has 4 rings (SSSR count). The Kier molecular flexibility index (Phi) is 7.98. The van der Waals surface area contributed by atoms with Gasteiger partial charge in [0.2, 0.25) is 5.91 Å². The quantitative estimate of drug-likeness (QED) is 0.254. The Morgan fingerprint density at radius 3 is 2.66 bits per heavy atom.